The van der Waals surface area contributed by atoms with E-state index in [0.717, 1.165) is 0 Å². The van der Waals surface area contributed by atoms with E-state index >= 15 is 0 Å². The molecule has 1 unspecified atom stereocenters. The standard InChI is InChI=1S/C24H18ClN5O5S/c1-3-20(31)28-17-7-5-4-6-15(17)21-22(32)26-24(36-2)27-29(21)23(28)19-11-10-18(35-19)14-9-8-13(30(33)34)12-16(14)25/h4-12,23H,3H2,1-2H3. The monoisotopic (exact) mass is 523 g/mol. The molecule has 3 heterocycles. The number of halogens is 1. The number of aromatic nitrogens is 3. The van der Waals surface area contributed by atoms with Crippen molar-refractivity contribution in [3.05, 3.63) is 75.5 Å². The van der Waals surface area contributed by atoms with Gasteiger partial charge in [-0.2, -0.15) is 0 Å². The summed E-state index contributed by atoms with van der Waals surface area (Å²) < 4.78 is 7.63. The van der Waals surface area contributed by atoms with Gasteiger partial charge in [-0.3, -0.25) is 14.9 Å². The maximum absolute atomic E-state index is 13.3. The number of rotatable bonds is 5. The second-order valence-electron chi connectivity index (χ2n) is 7.83. The number of carbonyl (C=O) groups excluding carboxylic acids is 1. The van der Waals surface area contributed by atoms with Gasteiger partial charge in [-0.05, 0) is 41.3 Å². The second kappa shape index (κ2) is 9.25. The summed E-state index contributed by atoms with van der Waals surface area (Å²) in [7, 11) is 0. The van der Waals surface area contributed by atoms with Gasteiger partial charge in [0.25, 0.3) is 16.5 Å². The third-order valence-electron chi connectivity index (χ3n) is 5.78. The first-order chi connectivity index (χ1) is 17.3. The summed E-state index contributed by atoms with van der Waals surface area (Å²) in [5.41, 5.74) is 1.62. The number of hydrogen-bond donors (Lipinski definition) is 0. The van der Waals surface area contributed by atoms with E-state index in [1.54, 1.807) is 54.5 Å². The predicted octanol–water partition coefficient (Wildman–Crippen LogP) is 4.35. The van der Waals surface area contributed by atoms with Crippen molar-refractivity contribution >= 4 is 40.6 Å². The zero-order valence-corrected chi connectivity index (χ0v) is 20.6. The molecule has 0 saturated heterocycles. The van der Waals surface area contributed by atoms with Gasteiger partial charge in [0, 0.05) is 29.2 Å². The lowest BCUT2D eigenvalue weighted by Gasteiger charge is -2.32. The van der Waals surface area contributed by atoms with Crippen LogP contribution >= 0.6 is 23.4 Å². The number of thioether (sulfide) groups is 1. The van der Waals surface area contributed by atoms with Crippen LogP contribution in [0.3, 0.4) is 0 Å². The molecule has 0 saturated carbocycles. The number of furan rings is 1. The summed E-state index contributed by atoms with van der Waals surface area (Å²) in [4.78, 5) is 29.4. The topological polar surface area (TPSA) is 129 Å². The summed E-state index contributed by atoms with van der Waals surface area (Å²) in [6.45, 7) is 1.75. The molecule has 5 rings (SSSR count). The van der Waals surface area contributed by atoms with Crippen LogP contribution in [0.4, 0.5) is 11.4 Å². The Bertz CT molecular complexity index is 1520. The molecule has 1 aliphatic rings. The molecular formula is C24H18ClN5O5S. The van der Waals surface area contributed by atoms with Crippen LogP contribution in [0.15, 0.2) is 64.2 Å². The highest BCUT2D eigenvalue weighted by Gasteiger charge is 2.46. The fourth-order valence-electron chi connectivity index (χ4n) is 4.17. The van der Waals surface area contributed by atoms with Crippen LogP contribution in [0.5, 0.6) is 5.88 Å². The molecular weight excluding hydrogens is 506 g/mol. The number of hydrogen-bond acceptors (Lipinski definition) is 8. The molecule has 0 N–H and O–H groups in total. The van der Waals surface area contributed by atoms with E-state index in [9.17, 15) is 20.0 Å². The number of amides is 1. The number of fused-ring (bicyclic) bond motifs is 3. The van der Waals surface area contributed by atoms with E-state index in [1.165, 1.54) is 34.6 Å². The molecule has 4 aromatic rings. The predicted molar refractivity (Wildman–Crippen MR) is 131 cm³/mol. The van der Waals surface area contributed by atoms with Crippen LogP contribution in [0.1, 0.15) is 25.3 Å². The fourth-order valence-corrected chi connectivity index (χ4v) is 4.78. The van der Waals surface area contributed by atoms with Gasteiger partial charge in [-0.15, -0.1) is 0 Å². The van der Waals surface area contributed by atoms with E-state index in [0.29, 0.717) is 28.3 Å². The van der Waals surface area contributed by atoms with Crippen molar-refractivity contribution in [1.29, 1.82) is 0 Å². The van der Waals surface area contributed by atoms with Crippen LogP contribution in [0, 0.1) is 10.1 Å². The molecule has 1 atom stereocenters. The molecule has 10 nitrogen and oxygen atoms in total. The maximum atomic E-state index is 13.3. The van der Waals surface area contributed by atoms with Crippen LogP contribution in [-0.2, 0) is 4.79 Å². The number of nitro groups is 1. The lowest BCUT2D eigenvalue weighted by Crippen LogP contribution is -2.59. The molecule has 0 radical (unpaired) electrons. The number of non-ortho nitro benzene ring substituents is 1. The first-order valence-corrected chi connectivity index (χ1v) is 12.4. The third-order valence-corrected chi connectivity index (χ3v) is 6.63. The van der Waals surface area contributed by atoms with Gasteiger partial charge in [0.15, 0.2) is 5.76 Å². The second-order valence-corrected chi connectivity index (χ2v) is 9.01. The van der Waals surface area contributed by atoms with E-state index in [2.05, 4.69) is 10.1 Å². The molecule has 0 fully saturated rings. The molecule has 0 aliphatic carbocycles. The molecule has 0 bridgehead atoms. The normalized spacial score (nSPS) is 14.3. The highest BCUT2D eigenvalue weighted by molar-refractivity contribution is 7.98. The van der Waals surface area contributed by atoms with Crippen molar-refractivity contribution < 1.29 is 23.9 Å². The third kappa shape index (κ3) is 3.86. The molecule has 1 aliphatic heterocycles. The lowest BCUT2D eigenvalue weighted by molar-refractivity contribution is -0.765. The number of nitro benzene ring substituents is 1. The Morgan fingerprint density at radius 1 is 1.22 bits per heavy atom. The Hall–Kier alpha value is -3.96. The fraction of sp³-hybridized carbons (Fsp3) is 0.167. The smallest absolute Gasteiger partial charge is 0.325 e. The van der Waals surface area contributed by atoms with Crippen LogP contribution in [-0.4, -0.2) is 27.2 Å². The van der Waals surface area contributed by atoms with Gasteiger partial charge in [0.05, 0.1) is 27.1 Å². The molecule has 12 heteroatoms. The van der Waals surface area contributed by atoms with E-state index in [1.807, 2.05) is 0 Å². The van der Waals surface area contributed by atoms with Crippen molar-refractivity contribution in [2.75, 3.05) is 11.2 Å². The Morgan fingerprint density at radius 3 is 2.69 bits per heavy atom. The average molecular weight is 524 g/mol. The number of carbonyl (C=O) groups is 1. The summed E-state index contributed by atoms with van der Waals surface area (Å²) >= 11 is 7.52. The lowest BCUT2D eigenvalue weighted by atomic mass is 10.0. The summed E-state index contributed by atoms with van der Waals surface area (Å²) in [6.07, 6.45) is 1.05. The zero-order chi connectivity index (χ0) is 25.6. The molecule has 1 amide bonds. The van der Waals surface area contributed by atoms with Gasteiger partial charge in [0.2, 0.25) is 5.91 Å². The van der Waals surface area contributed by atoms with Gasteiger partial charge in [0.1, 0.15) is 5.76 Å². The van der Waals surface area contributed by atoms with E-state index in [4.69, 9.17) is 16.0 Å². The number of anilines is 1. The summed E-state index contributed by atoms with van der Waals surface area (Å²) in [6, 6.07) is 14.5. The molecule has 36 heavy (non-hydrogen) atoms. The number of para-hydroxylation sites is 1. The van der Waals surface area contributed by atoms with Crippen LogP contribution in [0.25, 0.3) is 22.6 Å². The zero-order valence-electron chi connectivity index (χ0n) is 19.0. The molecule has 2 aromatic carbocycles. The largest absolute Gasteiger partial charge is 0.854 e. The van der Waals surface area contributed by atoms with Crippen LogP contribution in [0.2, 0.25) is 5.02 Å². The average Bonchev–Trinajstić information content (AvgIpc) is 3.36. The minimum absolute atomic E-state index is 0.141. The van der Waals surface area contributed by atoms with Gasteiger partial charge in [-0.25, -0.2) is 9.88 Å². The molecule has 0 spiro atoms. The van der Waals surface area contributed by atoms with E-state index < -0.39 is 17.0 Å². The summed E-state index contributed by atoms with van der Waals surface area (Å²) in [5.74, 6) is -0.00214. The maximum Gasteiger partial charge on any atom is 0.325 e. The van der Waals surface area contributed by atoms with E-state index in [-0.39, 0.29) is 33.9 Å². The quantitative estimate of drug-likeness (QED) is 0.163. The Balaban J connectivity index is 1.71. The van der Waals surface area contributed by atoms with Gasteiger partial charge in [-0.1, -0.05) is 42.4 Å². The van der Waals surface area contributed by atoms with Crippen LogP contribution < -0.4 is 14.7 Å². The number of nitrogens with zero attached hydrogens (tertiary/aromatic N) is 5. The number of benzene rings is 2. The van der Waals surface area contributed by atoms with Crippen molar-refractivity contribution in [1.82, 2.24) is 10.1 Å². The highest BCUT2D eigenvalue weighted by atomic mass is 35.5. The highest BCUT2D eigenvalue weighted by Crippen LogP contribution is 2.42. The SMILES string of the molecule is CCC(=O)N1c2ccccc2-c2c([O-])nc(SC)n[n+]2C1c1ccc(-c2ccc([N+](=O)[O-])cc2Cl)o1. The van der Waals surface area contributed by atoms with Crippen molar-refractivity contribution in [3.63, 3.8) is 0 Å². The molecule has 182 valence electrons. The van der Waals surface area contributed by atoms with Gasteiger partial charge < -0.3 is 9.52 Å². The minimum Gasteiger partial charge on any atom is -0.854 e. The Kier molecular flexibility index (Phi) is 6.10. The van der Waals surface area contributed by atoms with Gasteiger partial charge >= 0.3 is 6.17 Å². The van der Waals surface area contributed by atoms with Crippen molar-refractivity contribution in [3.8, 4) is 28.5 Å². The minimum atomic E-state index is -0.908. The first-order valence-electron chi connectivity index (χ1n) is 10.8. The van der Waals surface area contributed by atoms with Crippen molar-refractivity contribution in [2.45, 2.75) is 24.7 Å². The first kappa shape index (κ1) is 23.8. The summed E-state index contributed by atoms with van der Waals surface area (Å²) in [5, 5.41) is 29.1. The molecule has 2 aromatic heterocycles. The van der Waals surface area contributed by atoms with Crippen molar-refractivity contribution in [2.24, 2.45) is 0 Å². The Labute approximate surface area is 214 Å². The Morgan fingerprint density at radius 2 is 2.00 bits per heavy atom.